The number of phenolic OH excluding ortho intramolecular Hbond substituents is 4. The van der Waals surface area contributed by atoms with Crippen LogP contribution in [0.3, 0.4) is 0 Å². The van der Waals surface area contributed by atoms with Crippen molar-refractivity contribution >= 4 is 17.4 Å². The van der Waals surface area contributed by atoms with E-state index in [4.69, 9.17) is 0 Å². The molecular formula is C19H20N2O7. The quantitative estimate of drug-likeness (QED) is 0.212. The molecule has 0 aromatic heterocycles. The summed E-state index contributed by atoms with van der Waals surface area (Å²) in [6, 6.07) is 7.59. The average molecular weight is 388 g/mol. The molecule has 2 aromatic carbocycles. The van der Waals surface area contributed by atoms with Gasteiger partial charge in [-0.3, -0.25) is 15.0 Å². The van der Waals surface area contributed by atoms with Crippen LogP contribution in [-0.2, 0) is 16.0 Å². The Hall–Kier alpha value is -3.72. The van der Waals surface area contributed by atoms with E-state index >= 15 is 0 Å². The van der Waals surface area contributed by atoms with Crippen LogP contribution >= 0.6 is 0 Å². The predicted molar refractivity (Wildman–Crippen MR) is 99.6 cm³/mol. The molecule has 0 spiro atoms. The van der Waals surface area contributed by atoms with Crippen molar-refractivity contribution in [2.75, 3.05) is 0 Å². The summed E-state index contributed by atoms with van der Waals surface area (Å²) in [4.78, 5) is 24.0. The number of carbonyl (C=O) groups is 2. The lowest BCUT2D eigenvalue weighted by Crippen LogP contribution is -2.58. The van der Waals surface area contributed by atoms with Crippen LogP contribution in [0.2, 0.25) is 0 Å². The number of carbonyl (C=O) groups excluding carboxylic acids is 1. The van der Waals surface area contributed by atoms with E-state index in [1.807, 2.05) is 0 Å². The largest absolute Gasteiger partial charge is 0.504 e. The second-order valence-corrected chi connectivity index (χ2v) is 6.40. The van der Waals surface area contributed by atoms with E-state index in [-0.39, 0.29) is 29.1 Å². The fourth-order valence-corrected chi connectivity index (χ4v) is 2.37. The van der Waals surface area contributed by atoms with Gasteiger partial charge in [-0.05, 0) is 42.3 Å². The molecule has 2 aromatic rings. The van der Waals surface area contributed by atoms with E-state index in [1.54, 1.807) is 0 Å². The summed E-state index contributed by atoms with van der Waals surface area (Å²) in [5.74, 6) is -3.53. The highest BCUT2D eigenvalue weighted by molar-refractivity contribution is 6.18. The first-order valence-corrected chi connectivity index (χ1v) is 8.06. The highest BCUT2D eigenvalue weighted by Crippen LogP contribution is 2.28. The summed E-state index contributed by atoms with van der Waals surface area (Å²) in [5, 5.41) is 47.3. The lowest BCUT2D eigenvalue weighted by atomic mass is 9.93. The van der Waals surface area contributed by atoms with E-state index in [0.29, 0.717) is 5.56 Å². The number of hydrogen-bond donors (Lipinski definition) is 7. The molecule has 0 fully saturated rings. The minimum Gasteiger partial charge on any atom is -0.504 e. The van der Waals surface area contributed by atoms with Gasteiger partial charge in [-0.1, -0.05) is 18.7 Å². The molecule has 28 heavy (non-hydrogen) atoms. The number of aliphatic carboxylic acids is 1. The first kappa shape index (κ1) is 20.6. The van der Waals surface area contributed by atoms with Crippen molar-refractivity contribution < 1.29 is 35.1 Å². The zero-order valence-corrected chi connectivity index (χ0v) is 14.9. The zero-order chi connectivity index (χ0) is 21.1. The van der Waals surface area contributed by atoms with Gasteiger partial charge >= 0.3 is 5.97 Å². The molecule has 7 N–H and O–H groups in total. The maximum atomic E-state index is 12.3. The van der Waals surface area contributed by atoms with E-state index in [9.17, 15) is 35.1 Å². The molecule has 0 saturated heterocycles. The minimum atomic E-state index is -1.64. The lowest BCUT2D eigenvalue weighted by Gasteiger charge is -2.27. The summed E-state index contributed by atoms with van der Waals surface area (Å²) < 4.78 is 0. The fraction of sp³-hybridized carbons (Fsp3) is 0.158. The third-order valence-electron chi connectivity index (χ3n) is 4.12. The molecule has 9 heteroatoms. The van der Waals surface area contributed by atoms with Crippen molar-refractivity contribution in [2.45, 2.75) is 18.9 Å². The van der Waals surface area contributed by atoms with Crippen molar-refractivity contribution in [2.24, 2.45) is 0 Å². The van der Waals surface area contributed by atoms with Gasteiger partial charge in [-0.15, -0.1) is 0 Å². The summed E-state index contributed by atoms with van der Waals surface area (Å²) in [7, 11) is 0. The van der Waals surface area contributed by atoms with Gasteiger partial charge in [-0.2, -0.15) is 0 Å². The maximum Gasteiger partial charge on any atom is 0.325 e. The molecule has 0 saturated carbocycles. The third kappa shape index (κ3) is 4.51. The lowest BCUT2D eigenvalue weighted by molar-refractivity contribution is -0.144. The van der Waals surface area contributed by atoms with Gasteiger partial charge in [0.15, 0.2) is 23.0 Å². The standard InChI is InChI=1S/C19H20N2O7/c1-10(12-4-6-14(23)16(25)8-12)17(26)20-21-19(2,18(27)28)9-11-3-5-13(22)15(24)7-11/h3-8,21-25H,1,9H2,2H3,(H,20,26)(H,27,28)/t19-/m1/s1. The van der Waals surface area contributed by atoms with Gasteiger partial charge in [0.2, 0.25) is 0 Å². The summed E-state index contributed by atoms with van der Waals surface area (Å²) >= 11 is 0. The Labute approximate surface area is 160 Å². The number of hydrogen-bond acceptors (Lipinski definition) is 7. The van der Waals surface area contributed by atoms with Crippen LogP contribution in [-0.4, -0.2) is 42.9 Å². The summed E-state index contributed by atoms with van der Waals surface area (Å²) in [6.07, 6.45) is -0.122. The number of carboxylic acids is 1. The Morgan fingerprint density at radius 1 is 0.964 bits per heavy atom. The Morgan fingerprint density at radius 2 is 1.54 bits per heavy atom. The van der Waals surface area contributed by atoms with Crippen LogP contribution < -0.4 is 10.9 Å². The third-order valence-corrected chi connectivity index (χ3v) is 4.12. The van der Waals surface area contributed by atoms with Crippen LogP contribution in [0.25, 0.3) is 5.57 Å². The molecule has 0 aliphatic heterocycles. The summed E-state index contributed by atoms with van der Waals surface area (Å²) in [6.45, 7) is 4.92. The zero-order valence-electron chi connectivity index (χ0n) is 14.9. The molecular weight excluding hydrogens is 368 g/mol. The number of rotatable bonds is 7. The number of hydrazine groups is 1. The van der Waals surface area contributed by atoms with Crippen molar-refractivity contribution in [3.05, 3.63) is 54.1 Å². The first-order chi connectivity index (χ1) is 13.0. The smallest absolute Gasteiger partial charge is 0.325 e. The van der Waals surface area contributed by atoms with E-state index in [2.05, 4.69) is 17.4 Å². The molecule has 2 rings (SSSR count). The van der Waals surface area contributed by atoms with Gasteiger partial charge in [0.1, 0.15) is 5.54 Å². The monoisotopic (exact) mass is 388 g/mol. The van der Waals surface area contributed by atoms with Crippen LogP contribution in [0, 0.1) is 0 Å². The Bertz CT molecular complexity index is 942. The van der Waals surface area contributed by atoms with Crippen LogP contribution in [0.15, 0.2) is 43.0 Å². The van der Waals surface area contributed by atoms with Gasteiger partial charge in [0, 0.05) is 12.0 Å². The van der Waals surface area contributed by atoms with E-state index in [0.717, 1.165) is 6.07 Å². The number of phenols is 4. The van der Waals surface area contributed by atoms with Gasteiger partial charge in [0.05, 0.1) is 0 Å². The molecule has 0 radical (unpaired) electrons. The van der Waals surface area contributed by atoms with Gasteiger partial charge in [0.25, 0.3) is 5.91 Å². The second kappa shape index (κ2) is 7.89. The Morgan fingerprint density at radius 3 is 2.07 bits per heavy atom. The summed E-state index contributed by atoms with van der Waals surface area (Å²) in [5.41, 5.74) is 3.62. The molecule has 1 amide bonds. The SMILES string of the molecule is C=C(C(=O)NN[C@](C)(Cc1ccc(O)c(O)c1)C(=O)O)c1ccc(O)c(O)c1. The Kier molecular flexibility index (Phi) is 5.80. The molecule has 9 nitrogen and oxygen atoms in total. The van der Waals surface area contributed by atoms with Crippen molar-refractivity contribution in [1.29, 1.82) is 0 Å². The van der Waals surface area contributed by atoms with Crippen molar-refractivity contribution in [3.63, 3.8) is 0 Å². The maximum absolute atomic E-state index is 12.3. The molecule has 148 valence electrons. The topological polar surface area (TPSA) is 159 Å². The predicted octanol–water partition coefficient (Wildman–Crippen LogP) is 1.23. The molecule has 0 aliphatic carbocycles. The molecule has 0 unspecified atom stereocenters. The fourth-order valence-electron chi connectivity index (χ4n) is 2.37. The van der Waals surface area contributed by atoms with Gasteiger partial charge in [-0.25, -0.2) is 5.43 Å². The molecule has 0 heterocycles. The molecule has 1 atom stereocenters. The van der Waals surface area contributed by atoms with Crippen LogP contribution in [0.5, 0.6) is 23.0 Å². The normalized spacial score (nSPS) is 12.8. The van der Waals surface area contributed by atoms with Crippen molar-refractivity contribution in [3.8, 4) is 23.0 Å². The molecule has 0 aliphatic rings. The van der Waals surface area contributed by atoms with E-state index in [1.165, 1.54) is 37.3 Å². The number of aromatic hydroxyl groups is 4. The Balaban J connectivity index is 2.11. The number of nitrogens with one attached hydrogen (secondary N) is 2. The highest BCUT2D eigenvalue weighted by atomic mass is 16.4. The number of amides is 1. The number of benzene rings is 2. The van der Waals surface area contributed by atoms with Gasteiger partial charge < -0.3 is 25.5 Å². The van der Waals surface area contributed by atoms with Crippen molar-refractivity contribution in [1.82, 2.24) is 10.9 Å². The average Bonchev–Trinajstić information content (AvgIpc) is 2.64. The van der Waals surface area contributed by atoms with Crippen LogP contribution in [0.1, 0.15) is 18.1 Å². The minimum absolute atomic E-state index is 0.0715. The van der Waals surface area contributed by atoms with E-state index < -0.39 is 28.9 Å². The number of carboxylic acid groups (broad SMARTS) is 1. The molecule has 0 bridgehead atoms. The van der Waals surface area contributed by atoms with Crippen LogP contribution in [0.4, 0.5) is 0 Å². The highest BCUT2D eigenvalue weighted by Gasteiger charge is 2.34. The second-order valence-electron chi connectivity index (χ2n) is 6.40. The first-order valence-electron chi connectivity index (χ1n) is 8.06.